The van der Waals surface area contributed by atoms with Crippen LogP contribution in [0.25, 0.3) is 0 Å². The average Bonchev–Trinajstić information content (AvgIpc) is 2.89. The summed E-state index contributed by atoms with van der Waals surface area (Å²) in [5, 5.41) is 11.7. The molecule has 2 heterocycles. The van der Waals surface area contributed by atoms with Crippen LogP contribution < -0.4 is 5.32 Å². The topological polar surface area (TPSA) is 88.1 Å². The van der Waals surface area contributed by atoms with Crippen LogP contribution in [0, 0.1) is 0 Å². The fourth-order valence-electron chi connectivity index (χ4n) is 2.56. The molecule has 1 amide bonds. The van der Waals surface area contributed by atoms with E-state index in [0.29, 0.717) is 12.8 Å². The highest BCUT2D eigenvalue weighted by Gasteiger charge is 2.35. The Labute approximate surface area is 118 Å². The number of aliphatic carboxylic acids is 1. The number of carboxylic acids is 1. The summed E-state index contributed by atoms with van der Waals surface area (Å²) in [6, 6.07) is 0.00748. The van der Waals surface area contributed by atoms with Crippen molar-refractivity contribution < 1.29 is 24.2 Å². The molecule has 0 aromatic rings. The van der Waals surface area contributed by atoms with Crippen molar-refractivity contribution in [1.82, 2.24) is 10.2 Å². The van der Waals surface area contributed by atoms with Gasteiger partial charge in [0.05, 0.1) is 13.2 Å². The highest BCUT2D eigenvalue weighted by atomic mass is 16.5. The van der Waals surface area contributed by atoms with Crippen molar-refractivity contribution in [1.29, 1.82) is 0 Å². The van der Waals surface area contributed by atoms with Crippen LogP contribution in [0.1, 0.15) is 19.8 Å². The Morgan fingerprint density at radius 1 is 1.30 bits per heavy atom. The van der Waals surface area contributed by atoms with Gasteiger partial charge in [-0.2, -0.15) is 0 Å². The number of morpholine rings is 1. The van der Waals surface area contributed by atoms with Crippen molar-refractivity contribution in [2.75, 3.05) is 32.8 Å². The number of carbonyl (C=O) groups excluding carboxylic acids is 1. The van der Waals surface area contributed by atoms with Gasteiger partial charge in [0.15, 0.2) is 6.10 Å². The van der Waals surface area contributed by atoms with E-state index in [1.807, 2.05) is 6.92 Å². The Morgan fingerprint density at radius 3 is 2.55 bits per heavy atom. The largest absolute Gasteiger partial charge is 0.479 e. The Morgan fingerprint density at radius 2 is 1.95 bits per heavy atom. The number of carbonyl (C=O) groups is 2. The third-order valence-corrected chi connectivity index (χ3v) is 3.61. The summed E-state index contributed by atoms with van der Waals surface area (Å²) in [5.41, 5.74) is 0. The van der Waals surface area contributed by atoms with Crippen molar-refractivity contribution in [2.24, 2.45) is 0 Å². The van der Waals surface area contributed by atoms with Crippen LogP contribution in [-0.2, 0) is 19.1 Å². The number of rotatable bonds is 5. The van der Waals surface area contributed by atoms with Gasteiger partial charge in [-0.3, -0.25) is 9.69 Å². The van der Waals surface area contributed by atoms with Crippen LogP contribution in [0.3, 0.4) is 0 Å². The molecule has 2 fully saturated rings. The van der Waals surface area contributed by atoms with E-state index in [9.17, 15) is 9.59 Å². The zero-order valence-corrected chi connectivity index (χ0v) is 11.7. The first-order valence-electron chi connectivity index (χ1n) is 7.05. The van der Waals surface area contributed by atoms with E-state index in [1.54, 1.807) is 0 Å². The minimum Gasteiger partial charge on any atom is -0.479 e. The fourth-order valence-corrected chi connectivity index (χ4v) is 2.56. The first-order valence-corrected chi connectivity index (χ1v) is 7.05. The molecule has 0 saturated carbocycles. The van der Waals surface area contributed by atoms with Crippen LogP contribution in [-0.4, -0.2) is 73.0 Å². The number of hydrogen-bond acceptors (Lipinski definition) is 5. The Hall–Kier alpha value is -1.18. The zero-order chi connectivity index (χ0) is 14.5. The van der Waals surface area contributed by atoms with Crippen molar-refractivity contribution in [3.05, 3.63) is 0 Å². The third-order valence-electron chi connectivity index (χ3n) is 3.61. The Bertz CT molecular complexity index is 357. The van der Waals surface area contributed by atoms with E-state index in [2.05, 4.69) is 10.2 Å². The van der Waals surface area contributed by atoms with Gasteiger partial charge in [-0.1, -0.05) is 0 Å². The minimum atomic E-state index is -0.998. The molecule has 3 atom stereocenters. The van der Waals surface area contributed by atoms with E-state index in [1.165, 1.54) is 0 Å². The molecule has 7 heteroatoms. The number of nitrogens with zero attached hydrogens (tertiary/aromatic N) is 1. The third kappa shape index (κ3) is 4.16. The molecule has 20 heavy (non-hydrogen) atoms. The van der Waals surface area contributed by atoms with Gasteiger partial charge in [0.25, 0.3) is 0 Å². The molecule has 1 unspecified atom stereocenters. The summed E-state index contributed by atoms with van der Waals surface area (Å²) in [4.78, 5) is 25.0. The summed E-state index contributed by atoms with van der Waals surface area (Å²) in [7, 11) is 0. The molecule has 2 aliphatic rings. The zero-order valence-electron chi connectivity index (χ0n) is 11.7. The lowest BCUT2D eigenvalue weighted by Gasteiger charge is -2.29. The number of nitrogens with one attached hydrogen (secondary N) is 1. The predicted molar refractivity (Wildman–Crippen MR) is 70.4 cm³/mol. The van der Waals surface area contributed by atoms with Gasteiger partial charge in [-0.15, -0.1) is 0 Å². The van der Waals surface area contributed by atoms with Crippen LogP contribution in [0.5, 0.6) is 0 Å². The van der Waals surface area contributed by atoms with Crippen molar-refractivity contribution in [2.45, 2.75) is 38.0 Å². The molecule has 2 aliphatic heterocycles. The summed E-state index contributed by atoms with van der Waals surface area (Å²) in [6.07, 6.45) is -0.623. The molecule has 0 radical (unpaired) electrons. The molecule has 114 valence electrons. The molecule has 2 N–H and O–H groups in total. The van der Waals surface area contributed by atoms with Crippen molar-refractivity contribution >= 4 is 11.9 Å². The van der Waals surface area contributed by atoms with Gasteiger partial charge >= 0.3 is 5.97 Å². The number of carboxylic acid groups (broad SMARTS) is 1. The molecule has 0 aliphatic carbocycles. The van der Waals surface area contributed by atoms with Crippen LogP contribution in [0.15, 0.2) is 0 Å². The summed E-state index contributed by atoms with van der Waals surface area (Å²) >= 11 is 0. The monoisotopic (exact) mass is 286 g/mol. The molecule has 7 nitrogen and oxygen atoms in total. The lowest BCUT2D eigenvalue weighted by atomic mass is 10.2. The molecule has 0 aromatic heterocycles. The van der Waals surface area contributed by atoms with Gasteiger partial charge in [-0.25, -0.2) is 4.79 Å². The molecular weight excluding hydrogens is 264 g/mol. The van der Waals surface area contributed by atoms with E-state index in [4.69, 9.17) is 14.6 Å². The summed E-state index contributed by atoms with van der Waals surface area (Å²) in [6.45, 7) is 5.92. The van der Waals surface area contributed by atoms with E-state index >= 15 is 0 Å². The normalized spacial score (nSPS) is 29.1. The molecule has 2 rings (SSSR count). The number of hydrogen-bond donors (Lipinski definition) is 2. The minimum absolute atomic E-state index is 0.00748. The molecule has 0 spiro atoms. The highest BCUT2D eigenvalue weighted by Crippen LogP contribution is 2.20. The predicted octanol–water partition coefficient (Wildman–Crippen LogP) is -0.544. The maximum atomic E-state index is 12.0. The fraction of sp³-hybridized carbons (Fsp3) is 0.846. The summed E-state index contributed by atoms with van der Waals surface area (Å²) < 4.78 is 10.5. The average molecular weight is 286 g/mol. The SMILES string of the molecule is CC(CN1CCOCC1)NC(=O)[C@@H]1CC[C@H](C(=O)O)O1. The molecular formula is C13H22N2O5. The number of amides is 1. The summed E-state index contributed by atoms with van der Waals surface area (Å²) in [5.74, 6) is -1.21. The lowest BCUT2D eigenvalue weighted by molar-refractivity contribution is -0.151. The Balaban J connectivity index is 1.72. The molecule has 0 bridgehead atoms. The van der Waals surface area contributed by atoms with Gasteiger partial charge < -0.3 is 19.9 Å². The van der Waals surface area contributed by atoms with E-state index in [0.717, 1.165) is 32.8 Å². The maximum absolute atomic E-state index is 12.0. The second-order valence-corrected chi connectivity index (χ2v) is 5.35. The van der Waals surface area contributed by atoms with Crippen LogP contribution in [0.4, 0.5) is 0 Å². The van der Waals surface area contributed by atoms with Gasteiger partial charge in [-0.05, 0) is 19.8 Å². The molecule has 2 saturated heterocycles. The standard InChI is InChI=1S/C13H22N2O5/c1-9(8-15-4-6-19-7-5-15)14-12(16)10-2-3-11(20-10)13(17)18/h9-11H,2-8H2,1H3,(H,14,16)(H,17,18)/t9?,10-,11+/m0/s1. The van der Waals surface area contributed by atoms with Crippen molar-refractivity contribution in [3.8, 4) is 0 Å². The Kier molecular flexibility index (Phi) is 5.33. The van der Waals surface area contributed by atoms with E-state index in [-0.39, 0.29) is 11.9 Å². The van der Waals surface area contributed by atoms with Crippen molar-refractivity contribution in [3.63, 3.8) is 0 Å². The van der Waals surface area contributed by atoms with Gasteiger partial charge in [0.1, 0.15) is 6.10 Å². The first-order chi connectivity index (χ1) is 9.56. The van der Waals surface area contributed by atoms with E-state index < -0.39 is 18.2 Å². The number of ether oxygens (including phenoxy) is 2. The van der Waals surface area contributed by atoms with Gasteiger partial charge in [0, 0.05) is 25.7 Å². The quantitative estimate of drug-likeness (QED) is 0.705. The highest BCUT2D eigenvalue weighted by molar-refractivity contribution is 5.82. The second kappa shape index (κ2) is 7.01. The van der Waals surface area contributed by atoms with Crippen LogP contribution in [0.2, 0.25) is 0 Å². The van der Waals surface area contributed by atoms with Gasteiger partial charge in [0.2, 0.25) is 5.91 Å². The first kappa shape index (κ1) is 15.2. The smallest absolute Gasteiger partial charge is 0.332 e. The lowest BCUT2D eigenvalue weighted by Crippen LogP contribution is -2.48. The second-order valence-electron chi connectivity index (χ2n) is 5.35. The maximum Gasteiger partial charge on any atom is 0.332 e. The van der Waals surface area contributed by atoms with Crippen LogP contribution >= 0.6 is 0 Å². The molecule has 0 aromatic carbocycles.